The predicted molar refractivity (Wildman–Crippen MR) is 103 cm³/mol. The molecule has 2 radical (unpaired) electrons. The molecule has 2 aromatic carbocycles. The van der Waals surface area contributed by atoms with Crippen LogP contribution in [0.2, 0.25) is 0 Å². The van der Waals surface area contributed by atoms with Crippen LogP contribution in [-0.2, 0) is 32.5 Å². The summed E-state index contributed by atoms with van der Waals surface area (Å²) in [7, 11) is 1.44. The molecule has 8 nitrogen and oxygen atoms in total. The number of rotatable bonds is 8. The molecule has 146 valence electrons. The topological polar surface area (TPSA) is 119 Å². The Morgan fingerprint density at radius 3 is 2.43 bits per heavy atom. The van der Waals surface area contributed by atoms with Crippen LogP contribution in [0.4, 0.5) is 10.5 Å². The molecule has 28 heavy (non-hydrogen) atoms. The standard InChI is InChI=1S/C18H18BNO7S/c19-11-15-10-14(17(21)26-8-9-28(23,24)25)6-7-16(15)20-18(22)27-12-13-4-2-1-3-5-13/h1-7,10H,8-9,11-12H2,(H,20,22)(H,23,24,25). The SMILES string of the molecule is [B]Cc1cc(C(=O)OCCS(=O)(=O)O)ccc1NC(=O)OCc1ccccc1. The zero-order valence-electron chi connectivity index (χ0n) is 14.8. The molecule has 0 fully saturated rings. The van der Waals surface area contributed by atoms with Crippen molar-refractivity contribution in [2.75, 3.05) is 17.7 Å². The number of anilines is 1. The number of carbonyl (C=O) groups is 2. The highest BCUT2D eigenvalue weighted by Gasteiger charge is 2.14. The van der Waals surface area contributed by atoms with Gasteiger partial charge in [0.1, 0.15) is 19.0 Å². The van der Waals surface area contributed by atoms with Crippen LogP contribution in [-0.4, -0.2) is 45.2 Å². The second-order valence-corrected chi connectivity index (χ2v) is 7.26. The largest absolute Gasteiger partial charge is 0.461 e. The van der Waals surface area contributed by atoms with Crippen LogP contribution < -0.4 is 5.32 Å². The lowest BCUT2D eigenvalue weighted by molar-refractivity contribution is 0.0528. The highest BCUT2D eigenvalue weighted by atomic mass is 32.2. The normalized spacial score (nSPS) is 10.9. The van der Waals surface area contributed by atoms with Gasteiger partial charge >= 0.3 is 12.1 Å². The summed E-state index contributed by atoms with van der Waals surface area (Å²) >= 11 is 0. The fourth-order valence-electron chi connectivity index (χ4n) is 2.20. The number of carbonyl (C=O) groups excluding carboxylic acids is 2. The lowest BCUT2D eigenvalue weighted by Crippen LogP contribution is -2.16. The van der Waals surface area contributed by atoms with Gasteiger partial charge in [-0.05, 0) is 29.3 Å². The van der Waals surface area contributed by atoms with E-state index in [-0.39, 0.29) is 18.5 Å². The minimum Gasteiger partial charge on any atom is -0.461 e. The smallest absolute Gasteiger partial charge is 0.411 e. The van der Waals surface area contributed by atoms with Gasteiger partial charge in [0.15, 0.2) is 0 Å². The summed E-state index contributed by atoms with van der Waals surface area (Å²) in [6, 6.07) is 13.4. The number of benzene rings is 2. The van der Waals surface area contributed by atoms with Gasteiger partial charge in [-0.3, -0.25) is 9.87 Å². The van der Waals surface area contributed by atoms with Crippen LogP contribution in [0.3, 0.4) is 0 Å². The lowest BCUT2D eigenvalue weighted by atomic mass is 9.94. The summed E-state index contributed by atoms with van der Waals surface area (Å²) in [5.74, 6) is -1.48. The maximum absolute atomic E-state index is 12.0. The van der Waals surface area contributed by atoms with E-state index in [9.17, 15) is 18.0 Å². The first kappa shape index (κ1) is 21.5. The molecule has 0 atom stereocenters. The minimum absolute atomic E-state index is 0.0282. The Morgan fingerprint density at radius 2 is 1.79 bits per heavy atom. The quantitative estimate of drug-likeness (QED) is 0.394. The van der Waals surface area contributed by atoms with E-state index >= 15 is 0 Å². The molecule has 0 saturated carbocycles. The average Bonchev–Trinajstić information content (AvgIpc) is 2.66. The van der Waals surface area contributed by atoms with Crippen molar-refractivity contribution in [1.29, 1.82) is 0 Å². The molecule has 0 spiro atoms. The second kappa shape index (κ2) is 9.91. The molecule has 2 rings (SSSR count). The van der Waals surface area contributed by atoms with Crippen molar-refractivity contribution < 1.29 is 32.0 Å². The van der Waals surface area contributed by atoms with Crippen molar-refractivity contribution in [2.24, 2.45) is 0 Å². The molecule has 0 aromatic heterocycles. The second-order valence-electron chi connectivity index (χ2n) is 5.68. The molecule has 0 aliphatic rings. The van der Waals surface area contributed by atoms with Crippen LogP contribution >= 0.6 is 0 Å². The molecule has 10 heteroatoms. The third-order valence-corrected chi connectivity index (χ3v) is 4.27. The average molecular weight is 403 g/mol. The summed E-state index contributed by atoms with van der Waals surface area (Å²) in [5.41, 5.74) is 1.79. The van der Waals surface area contributed by atoms with Crippen molar-refractivity contribution in [1.82, 2.24) is 0 Å². The van der Waals surface area contributed by atoms with Crippen LogP contribution in [0.15, 0.2) is 48.5 Å². The van der Waals surface area contributed by atoms with Gasteiger partial charge in [0.2, 0.25) is 0 Å². The van der Waals surface area contributed by atoms with E-state index in [4.69, 9.17) is 21.9 Å². The van der Waals surface area contributed by atoms with Crippen molar-refractivity contribution >= 4 is 35.7 Å². The summed E-state index contributed by atoms with van der Waals surface area (Å²) in [6.07, 6.45) is -0.650. The van der Waals surface area contributed by atoms with Gasteiger partial charge in [-0.1, -0.05) is 36.7 Å². The Bertz CT molecular complexity index is 932. The van der Waals surface area contributed by atoms with Crippen LogP contribution in [0.1, 0.15) is 21.5 Å². The van der Waals surface area contributed by atoms with Gasteiger partial charge < -0.3 is 9.47 Å². The number of esters is 1. The molecule has 0 unspecified atom stereocenters. The first-order valence-electron chi connectivity index (χ1n) is 8.21. The van der Waals surface area contributed by atoms with Gasteiger partial charge in [0.05, 0.1) is 13.4 Å². The fourth-order valence-corrected chi connectivity index (χ4v) is 2.50. The monoisotopic (exact) mass is 403 g/mol. The van der Waals surface area contributed by atoms with Gasteiger partial charge in [-0.2, -0.15) is 8.42 Å². The number of hydrogen-bond acceptors (Lipinski definition) is 6. The highest BCUT2D eigenvalue weighted by molar-refractivity contribution is 7.85. The number of hydrogen-bond donors (Lipinski definition) is 2. The minimum atomic E-state index is -4.22. The van der Waals surface area contributed by atoms with Crippen molar-refractivity contribution in [3.05, 3.63) is 65.2 Å². The molecule has 0 bridgehead atoms. The Labute approximate surface area is 164 Å². The first-order valence-corrected chi connectivity index (χ1v) is 9.82. The zero-order chi connectivity index (χ0) is 20.6. The highest BCUT2D eigenvalue weighted by Crippen LogP contribution is 2.19. The number of ether oxygens (including phenoxy) is 2. The third kappa shape index (κ3) is 7.05. The van der Waals surface area contributed by atoms with E-state index in [0.29, 0.717) is 11.3 Å². The first-order chi connectivity index (χ1) is 13.3. The van der Waals surface area contributed by atoms with E-state index in [1.807, 2.05) is 30.3 Å². The summed E-state index contributed by atoms with van der Waals surface area (Å²) in [6.45, 7) is -0.385. The molecule has 0 saturated heterocycles. The number of nitrogens with one attached hydrogen (secondary N) is 1. The third-order valence-electron chi connectivity index (χ3n) is 3.58. The molecule has 2 aromatic rings. The molecule has 2 N–H and O–H groups in total. The Morgan fingerprint density at radius 1 is 1.07 bits per heavy atom. The van der Waals surface area contributed by atoms with Crippen molar-refractivity contribution in [2.45, 2.75) is 12.9 Å². The Hall–Kier alpha value is -2.85. The predicted octanol–water partition coefficient (Wildman–Crippen LogP) is 2.15. The summed E-state index contributed by atoms with van der Waals surface area (Å²) in [4.78, 5) is 23.9. The summed E-state index contributed by atoms with van der Waals surface area (Å²) < 4.78 is 39.8. The van der Waals surface area contributed by atoms with E-state index in [1.54, 1.807) is 0 Å². The van der Waals surface area contributed by atoms with E-state index in [0.717, 1.165) is 5.56 Å². The molecule has 1 amide bonds. The fraction of sp³-hybridized carbons (Fsp3) is 0.222. The lowest BCUT2D eigenvalue weighted by Gasteiger charge is -2.12. The molecule has 0 aliphatic heterocycles. The van der Waals surface area contributed by atoms with E-state index < -0.39 is 34.5 Å². The van der Waals surface area contributed by atoms with Gasteiger partial charge in [0.25, 0.3) is 10.1 Å². The van der Waals surface area contributed by atoms with Gasteiger partial charge in [-0.25, -0.2) is 9.59 Å². The van der Waals surface area contributed by atoms with Gasteiger partial charge in [-0.15, -0.1) is 0 Å². The van der Waals surface area contributed by atoms with Crippen LogP contribution in [0, 0.1) is 0 Å². The zero-order valence-corrected chi connectivity index (χ0v) is 15.6. The molecule has 0 heterocycles. The number of amides is 1. The maximum Gasteiger partial charge on any atom is 0.411 e. The van der Waals surface area contributed by atoms with Crippen LogP contribution in [0.5, 0.6) is 0 Å². The Kier molecular flexibility index (Phi) is 7.59. The van der Waals surface area contributed by atoms with E-state index in [2.05, 4.69) is 5.32 Å². The van der Waals surface area contributed by atoms with E-state index in [1.165, 1.54) is 18.2 Å². The summed E-state index contributed by atoms with van der Waals surface area (Å²) in [5, 5.41) is 2.56. The molecular formula is C18H18BNO7S. The van der Waals surface area contributed by atoms with Crippen molar-refractivity contribution in [3.63, 3.8) is 0 Å². The maximum atomic E-state index is 12.0. The van der Waals surface area contributed by atoms with Crippen LogP contribution in [0.25, 0.3) is 0 Å². The Balaban J connectivity index is 1.96. The van der Waals surface area contributed by atoms with Gasteiger partial charge in [0, 0.05) is 5.69 Å². The molecular weight excluding hydrogens is 385 g/mol. The molecule has 0 aliphatic carbocycles. The van der Waals surface area contributed by atoms with Crippen molar-refractivity contribution in [3.8, 4) is 0 Å².